The maximum atomic E-state index is 12.9. The number of carbonyl (C=O) groups excluding carboxylic acids is 1. The summed E-state index contributed by atoms with van der Waals surface area (Å²) in [6.45, 7) is 0.200. The lowest BCUT2D eigenvalue weighted by molar-refractivity contribution is 0.103. The molecule has 26 heavy (non-hydrogen) atoms. The number of thiazole rings is 1. The minimum atomic E-state index is -0.201. The Balaban J connectivity index is 1.67. The molecule has 2 aromatic carbocycles. The van der Waals surface area contributed by atoms with Crippen LogP contribution in [0.2, 0.25) is 0 Å². The first-order valence-electron chi connectivity index (χ1n) is 8.06. The van der Waals surface area contributed by atoms with Crippen molar-refractivity contribution in [3.63, 3.8) is 0 Å². The Bertz CT molecular complexity index is 954. The number of nitrogens with zero attached hydrogens (tertiary/aromatic N) is 2. The third-order valence-corrected chi connectivity index (χ3v) is 5.10. The zero-order valence-corrected chi connectivity index (χ0v) is 15.2. The number of aromatic nitrogens is 1. The Morgan fingerprint density at radius 3 is 2.65 bits per heavy atom. The molecule has 0 fully saturated rings. The molecule has 7 heteroatoms. The van der Waals surface area contributed by atoms with Crippen molar-refractivity contribution in [2.45, 2.75) is 0 Å². The Hall–Kier alpha value is -3.06. The molecule has 6 nitrogen and oxygen atoms in total. The number of amides is 1. The lowest BCUT2D eigenvalue weighted by Gasteiger charge is -2.06. The van der Waals surface area contributed by atoms with Crippen LogP contribution in [0.1, 0.15) is 9.67 Å². The van der Waals surface area contributed by atoms with Gasteiger partial charge in [0.15, 0.2) is 16.6 Å². The van der Waals surface area contributed by atoms with E-state index in [2.05, 4.69) is 10.3 Å². The normalized spacial score (nSPS) is 12.1. The van der Waals surface area contributed by atoms with Crippen LogP contribution in [0.25, 0.3) is 11.3 Å². The molecular weight excluding hydrogens is 350 g/mol. The largest absolute Gasteiger partial charge is 0.454 e. The molecule has 0 atom stereocenters. The van der Waals surface area contributed by atoms with Gasteiger partial charge in [0.2, 0.25) is 6.79 Å². The summed E-state index contributed by atoms with van der Waals surface area (Å²) in [6.07, 6.45) is 0. The Morgan fingerprint density at radius 1 is 1.12 bits per heavy atom. The summed E-state index contributed by atoms with van der Waals surface area (Å²) in [5.74, 6) is 1.11. The lowest BCUT2D eigenvalue weighted by Crippen LogP contribution is -2.11. The molecule has 1 N–H and O–H groups in total. The molecule has 0 saturated carbocycles. The van der Waals surface area contributed by atoms with Gasteiger partial charge in [-0.15, -0.1) is 0 Å². The van der Waals surface area contributed by atoms with E-state index in [1.807, 2.05) is 49.3 Å². The first kappa shape index (κ1) is 16.4. The van der Waals surface area contributed by atoms with Gasteiger partial charge in [-0.25, -0.2) is 4.98 Å². The van der Waals surface area contributed by atoms with Gasteiger partial charge < -0.3 is 19.7 Å². The van der Waals surface area contributed by atoms with Crippen molar-refractivity contribution in [2.75, 3.05) is 31.1 Å². The molecule has 3 aromatic rings. The third kappa shape index (κ3) is 3.09. The van der Waals surface area contributed by atoms with Crippen LogP contribution in [0.5, 0.6) is 11.5 Å². The van der Waals surface area contributed by atoms with E-state index in [9.17, 15) is 4.79 Å². The van der Waals surface area contributed by atoms with E-state index in [1.54, 1.807) is 18.2 Å². The van der Waals surface area contributed by atoms with Gasteiger partial charge in [0.25, 0.3) is 5.91 Å². The highest BCUT2D eigenvalue weighted by molar-refractivity contribution is 7.18. The zero-order chi connectivity index (χ0) is 18.1. The second-order valence-corrected chi connectivity index (χ2v) is 6.93. The van der Waals surface area contributed by atoms with Crippen molar-refractivity contribution in [3.05, 3.63) is 53.4 Å². The van der Waals surface area contributed by atoms with Crippen LogP contribution in [0.15, 0.2) is 48.5 Å². The number of benzene rings is 2. The third-order valence-electron chi connectivity index (χ3n) is 3.88. The molecule has 1 amide bonds. The molecule has 2 heterocycles. The Kier molecular flexibility index (Phi) is 4.22. The van der Waals surface area contributed by atoms with E-state index in [0.29, 0.717) is 27.8 Å². The van der Waals surface area contributed by atoms with Crippen molar-refractivity contribution in [1.82, 2.24) is 4.98 Å². The monoisotopic (exact) mass is 367 g/mol. The van der Waals surface area contributed by atoms with Crippen molar-refractivity contribution < 1.29 is 14.3 Å². The number of fused-ring (bicyclic) bond motifs is 1. The minimum absolute atomic E-state index is 0.200. The molecule has 0 unspecified atom stereocenters. The summed E-state index contributed by atoms with van der Waals surface area (Å²) >= 11 is 1.36. The molecule has 1 aromatic heterocycles. The van der Waals surface area contributed by atoms with E-state index in [4.69, 9.17) is 9.47 Å². The van der Waals surface area contributed by atoms with Crippen LogP contribution in [0.3, 0.4) is 0 Å². The predicted octanol–water partition coefficient (Wildman–Crippen LogP) is 3.86. The summed E-state index contributed by atoms with van der Waals surface area (Å²) in [6, 6.07) is 15.0. The standard InChI is InChI=1S/C19H17N3O3S/c1-22(2)19-21-16(12-6-4-3-5-7-12)17(26-19)18(23)20-13-8-9-14-15(10-13)25-11-24-14/h3-10H,11H2,1-2H3,(H,20,23). The predicted molar refractivity (Wildman–Crippen MR) is 102 cm³/mol. The fraction of sp³-hybridized carbons (Fsp3) is 0.158. The molecule has 1 aliphatic heterocycles. The van der Waals surface area contributed by atoms with Gasteiger partial charge in [0, 0.05) is 31.4 Å². The van der Waals surface area contributed by atoms with Crippen LogP contribution in [-0.2, 0) is 0 Å². The maximum Gasteiger partial charge on any atom is 0.268 e. The zero-order valence-electron chi connectivity index (χ0n) is 14.4. The van der Waals surface area contributed by atoms with Crippen molar-refractivity contribution in [3.8, 4) is 22.8 Å². The van der Waals surface area contributed by atoms with Crippen LogP contribution in [0, 0.1) is 0 Å². The SMILES string of the molecule is CN(C)c1nc(-c2ccccc2)c(C(=O)Nc2ccc3c(c2)OCO3)s1. The fourth-order valence-electron chi connectivity index (χ4n) is 2.61. The van der Waals surface area contributed by atoms with E-state index >= 15 is 0 Å². The van der Waals surface area contributed by atoms with Crippen LogP contribution in [-0.4, -0.2) is 31.8 Å². The fourth-order valence-corrected chi connectivity index (χ4v) is 3.51. The molecule has 0 radical (unpaired) electrons. The Labute approximate surface area is 155 Å². The van der Waals surface area contributed by atoms with Gasteiger partial charge in [-0.3, -0.25) is 4.79 Å². The Morgan fingerprint density at radius 2 is 1.88 bits per heavy atom. The molecule has 132 valence electrons. The summed E-state index contributed by atoms with van der Waals surface area (Å²) in [5, 5.41) is 3.71. The number of carbonyl (C=O) groups is 1. The number of hydrogen-bond acceptors (Lipinski definition) is 6. The van der Waals surface area contributed by atoms with E-state index in [0.717, 1.165) is 10.7 Å². The van der Waals surface area contributed by atoms with Gasteiger partial charge >= 0.3 is 0 Å². The molecular formula is C19H17N3O3S. The number of hydrogen-bond donors (Lipinski definition) is 1. The van der Waals surface area contributed by atoms with Crippen LogP contribution < -0.4 is 19.7 Å². The first-order chi connectivity index (χ1) is 12.6. The minimum Gasteiger partial charge on any atom is -0.454 e. The number of rotatable bonds is 4. The van der Waals surface area contributed by atoms with Gasteiger partial charge in [-0.1, -0.05) is 41.7 Å². The molecule has 1 aliphatic rings. The van der Waals surface area contributed by atoms with Gasteiger partial charge in [-0.2, -0.15) is 0 Å². The second-order valence-electron chi connectivity index (χ2n) is 5.96. The van der Waals surface area contributed by atoms with Gasteiger partial charge in [0.05, 0.1) is 5.69 Å². The van der Waals surface area contributed by atoms with Crippen molar-refractivity contribution in [1.29, 1.82) is 0 Å². The van der Waals surface area contributed by atoms with Crippen molar-refractivity contribution in [2.24, 2.45) is 0 Å². The molecule has 4 rings (SSSR count). The lowest BCUT2D eigenvalue weighted by atomic mass is 10.1. The first-order valence-corrected chi connectivity index (χ1v) is 8.88. The topological polar surface area (TPSA) is 63.7 Å². The van der Waals surface area contributed by atoms with E-state index < -0.39 is 0 Å². The average molecular weight is 367 g/mol. The molecule has 0 saturated heterocycles. The molecule has 0 aliphatic carbocycles. The average Bonchev–Trinajstić information content (AvgIpc) is 3.29. The summed E-state index contributed by atoms with van der Waals surface area (Å²) in [4.78, 5) is 20.0. The van der Waals surface area contributed by atoms with Crippen molar-refractivity contribution >= 4 is 28.1 Å². The van der Waals surface area contributed by atoms with Gasteiger partial charge in [0.1, 0.15) is 4.88 Å². The van der Waals surface area contributed by atoms with E-state index in [-0.39, 0.29) is 12.7 Å². The number of anilines is 2. The number of nitrogens with one attached hydrogen (secondary N) is 1. The molecule has 0 spiro atoms. The highest BCUT2D eigenvalue weighted by atomic mass is 32.1. The maximum absolute atomic E-state index is 12.9. The second kappa shape index (κ2) is 6.68. The highest BCUT2D eigenvalue weighted by Crippen LogP contribution is 2.36. The summed E-state index contributed by atoms with van der Waals surface area (Å²) in [5.41, 5.74) is 2.24. The molecule has 0 bridgehead atoms. The smallest absolute Gasteiger partial charge is 0.268 e. The van der Waals surface area contributed by atoms with Gasteiger partial charge in [-0.05, 0) is 12.1 Å². The summed E-state index contributed by atoms with van der Waals surface area (Å²) < 4.78 is 10.7. The quantitative estimate of drug-likeness (QED) is 0.759. The highest BCUT2D eigenvalue weighted by Gasteiger charge is 2.21. The van der Waals surface area contributed by atoms with E-state index in [1.165, 1.54) is 11.3 Å². The summed E-state index contributed by atoms with van der Waals surface area (Å²) in [7, 11) is 3.82. The number of ether oxygens (including phenoxy) is 2. The van der Waals surface area contributed by atoms with Crippen LogP contribution >= 0.6 is 11.3 Å². The van der Waals surface area contributed by atoms with Crippen LogP contribution in [0.4, 0.5) is 10.8 Å².